The lowest BCUT2D eigenvalue weighted by atomic mass is 9.97. The second-order valence-electron chi connectivity index (χ2n) is 8.15. The predicted molar refractivity (Wildman–Crippen MR) is 125 cm³/mol. The van der Waals surface area contributed by atoms with Gasteiger partial charge in [0, 0.05) is 13.1 Å². The highest BCUT2D eigenvalue weighted by Crippen LogP contribution is 2.25. The molecule has 3 aromatic heterocycles. The van der Waals surface area contributed by atoms with Gasteiger partial charge in [-0.1, -0.05) is 12.1 Å². The van der Waals surface area contributed by atoms with Gasteiger partial charge in [0.1, 0.15) is 16.3 Å². The van der Waals surface area contributed by atoms with Gasteiger partial charge in [-0.15, -0.1) is 11.3 Å². The molecule has 5 rings (SSSR count). The molecular formula is C24H23FN4O3S. The maximum atomic E-state index is 13.4. The normalized spacial score (nSPS) is 16.3. The number of carbonyl (C=O) groups excluding carboxylic acids is 1. The molecular weight excluding hydrogens is 443 g/mol. The molecule has 1 aliphatic heterocycles. The Hall–Kier alpha value is -3.46. The number of piperidine rings is 1. The van der Waals surface area contributed by atoms with Gasteiger partial charge < -0.3 is 14.6 Å². The van der Waals surface area contributed by atoms with E-state index in [1.165, 1.54) is 23.5 Å². The van der Waals surface area contributed by atoms with Gasteiger partial charge in [-0.25, -0.2) is 9.37 Å². The van der Waals surface area contributed by atoms with Crippen molar-refractivity contribution < 1.29 is 13.6 Å². The van der Waals surface area contributed by atoms with Crippen LogP contribution in [0.3, 0.4) is 0 Å². The van der Waals surface area contributed by atoms with E-state index in [1.54, 1.807) is 29.0 Å². The molecule has 7 nitrogen and oxygen atoms in total. The Morgan fingerprint density at radius 1 is 1.24 bits per heavy atom. The summed E-state index contributed by atoms with van der Waals surface area (Å²) >= 11 is 1.36. The van der Waals surface area contributed by atoms with Crippen molar-refractivity contribution in [3.05, 3.63) is 81.6 Å². The molecule has 9 heteroatoms. The van der Waals surface area contributed by atoms with Crippen LogP contribution in [0.5, 0.6) is 0 Å². The minimum absolute atomic E-state index is 0.0415. The second kappa shape index (κ2) is 9.19. The second-order valence-corrected chi connectivity index (χ2v) is 9.06. The number of thiophene rings is 1. The van der Waals surface area contributed by atoms with E-state index in [0.29, 0.717) is 41.6 Å². The smallest absolute Gasteiger partial charge is 0.273 e. The Bertz CT molecular complexity index is 1310. The zero-order valence-electron chi connectivity index (χ0n) is 17.9. The number of anilines is 1. The maximum Gasteiger partial charge on any atom is 0.273 e. The number of fused-ring (bicyclic) bond motifs is 1. The van der Waals surface area contributed by atoms with E-state index in [4.69, 9.17) is 9.40 Å². The number of hydrogen-bond donors (Lipinski definition) is 1. The first-order valence-electron chi connectivity index (χ1n) is 10.9. The number of halogens is 1. The fraction of sp³-hybridized carbons (Fsp3) is 0.292. The first-order chi connectivity index (χ1) is 16.1. The number of nitrogens with zero attached hydrogens (tertiary/aromatic N) is 3. The standard InChI is InChI=1S/C24H23FN4O3S/c25-18-7-5-16(6-8-18)14-29-23(31)21-20(9-12-33-21)27-24(29)28-10-1-3-17(15-28)22(30)26-13-19-4-2-11-32-19/h2,4-9,11-12,17H,1,3,10,13-15H2,(H,26,30)/t17-/m0/s1. The molecule has 0 saturated carbocycles. The fourth-order valence-corrected chi connectivity index (χ4v) is 4.97. The van der Waals surface area contributed by atoms with Gasteiger partial charge in [-0.05, 0) is 54.1 Å². The number of rotatable bonds is 6. The number of benzene rings is 1. The Labute approximate surface area is 193 Å². The van der Waals surface area contributed by atoms with Crippen LogP contribution in [-0.4, -0.2) is 28.5 Å². The number of aromatic nitrogens is 2. The molecule has 4 heterocycles. The Kier molecular flexibility index (Phi) is 5.95. The van der Waals surface area contributed by atoms with Crippen molar-refractivity contribution in [1.82, 2.24) is 14.9 Å². The van der Waals surface area contributed by atoms with Crippen molar-refractivity contribution in [1.29, 1.82) is 0 Å². The van der Waals surface area contributed by atoms with Crippen LogP contribution >= 0.6 is 11.3 Å². The molecule has 1 aromatic carbocycles. The average Bonchev–Trinajstić information content (AvgIpc) is 3.53. The van der Waals surface area contributed by atoms with Crippen molar-refractivity contribution in [2.45, 2.75) is 25.9 Å². The quantitative estimate of drug-likeness (QED) is 0.468. The van der Waals surface area contributed by atoms with E-state index in [1.807, 2.05) is 22.4 Å². The highest BCUT2D eigenvalue weighted by Gasteiger charge is 2.29. The third-order valence-electron chi connectivity index (χ3n) is 5.89. The summed E-state index contributed by atoms with van der Waals surface area (Å²) < 4.78 is 20.9. The number of hydrogen-bond acceptors (Lipinski definition) is 6. The first-order valence-corrected chi connectivity index (χ1v) is 11.7. The summed E-state index contributed by atoms with van der Waals surface area (Å²) in [4.78, 5) is 32.9. The van der Waals surface area contributed by atoms with E-state index in [-0.39, 0.29) is 29.7 Å². The Morgan fingerprint density at radius 2 is 2.09 bits per heavy atom. The molecule has 1 atom stereocenters. The third-order valence-corrected chi connectivity index (χ3v) is 6.78. The minimum Gasteiger partial charge on any atom is -0.467 e. The van der Waals surface area contributed by atoms with Crippen LogP contribution in [0, 0.1) is 11.7 Å². The molecule has 1 amide bonds. The topological polar surface area (TPSA) is 80.4 Å². The van der Waals surface area contributed by atoms with Gasteiger partial charge in [-0.2, -0.15) is 0 Å². The van der Waals surface area contributed by atoms with Crippen LogP contribution in [0.15, 0.2) is 63.3 Å². The third kappa shape index (κ3) is 4.54. The van der Waals surface area contributed by atoms with Crippen molar-refractivity contribution in [2.75, 3.05) is 18.0 Å². The Balaban J connectivity index is 1.42. The lowest BCUT2D eigenvalue weighted by Gasteiger charge is -2.34. The number of furan rings is 1. The maximum absolute atomic E-state index is 13.4. The summed E-state index contributed by atoms with van der Waals surface area (Å²) in [6.07, 6.45) is 3.16. The average molecular weight is 467 g/mol. The Morgan fingerprint density at radius 3 is 2.88 bits per heavy atom. The summed E-state index contributed by atoms with van der Waals surface area (Å²) in [7, 11) is 0. The molecule has 0 aliphatic carbocycles. The van der Waals surface area contributed by atoms with Crippen LogP contribution in [-0.2, 0) is 17.9 Å². The summed E-state index contributed by atoms with van der Waals surface area (Å²) in [6.45, 7) is 1.79. The van der Waals surface area contributed by atoms with Crippen molar-refractivity contribution in [2.24, 2.45) is 5.92 Å². The van der Waals surface area contributed by atoms with Gasteiger partial charge in [0.15, 0.2) is 0 Å². The molecule has 0 radical (unpaired) electrons. The van der Waals surface area contributed by atoms with E-state index in [2.05, 4.69) is 5.32 Å². The molecule has 1 fully saturated rings. The number of carbonyl (C=O) groups is 1. The molecule has 33 heavy (non-hydrogen) atoms. The zero-order chi connectivity index (χ0) is 22.8. The van der Waals surface area contributed by atoms with Gasteiger partial charge in [0.2, 0.25) is 11.9 Å². The minimum atomic E-state index is -0.322. The first kappa shape index (κ1) is 21.4. The van der Waals surface area contributed by atoms with Crippen LogP contribution in [0.2, 0.25) is 0 Å². The van der Waals surface area contributed by atoms with Crippen LogP contribution in [0.4, 0.5) is 10.3 Å². The lowest BCUT2D eigenvalue weighted by Crippen LogP contribution is -2.45. The van der Waals surface area contributed by atoms with Crippen LogP contribution in [0.25, 0.3) is 10.2 Å². The SMILES string of the molecule is O=C(NCc1ccco1)[C@H]1CCCN(c2nc3ccsc3c(=O)n2Cc2ccc(F)cc2)C1. The summed E-state index contributed by atoms with van der Waals surface area (Å²) in [6, 6.07) is 11.6. The van der Waals surface area contributed by atoms with Crippen molar-refractivity contribution in [3.63, 3.8) is 0 Å². The molecule has 0 unspecified atom stereocenters. The fourth-order valence-electron chi connectivity index (χ4n) is 4.19. The highest BCUT2D eigenvalue weighted by atomic mass is 32.1. The predicted octanol–water partition coefficient (Wildman–Crippen LogP) is 3.77. The highest BCUT2D eigenvalue weighted by molar-refractivity contribution is 7.17. The van der Waals surface area contributed by atoms with Crippen LogP contribution < -0.4 is 15.8 Å². The molecule has 1 aliphatic rings. The summed E-state index contributed by atoms with van der Waals surface area (Å²) in [5.74, 6) is 0.660. The van der Waals surface area contributed by atoms with Gasteiger partial charge in [0.05, 0.1) is 30.8 Å². The number of amides is 1. The lowest BCUT2D eigenvalue weighted by molar-refractivity contribution is -0.125. The van der Waals surface area contributed by atoms with Crippen molar-refractivity contribution >= 4 is 33.4 Å². The monoisotopic (exact) mass is 466 g/mol. The van der Waals surface area contributed by atoms with E-state index < -0.39 is 0 Å². The number of nitrogens with one attached hydrogen (secondary N) is 1. The van der Waals surface area contributed by atoms with Gasteiger partial charge in [0.25, 0.3) is 5.56 Å². The zero-order valence-corrected chi connectivity index (χ0v) is 18.7. The van der Waals surface area contributed by atoms with E-state index in [0.717, 1.165) is 18.4 Å². The molecule has 0 bridgehead atoms. The van der Waals surface area contributed by atoms with E-state index in [9.17, 15) is 14.0 Å². The largest absolute Gasteiger partial charge is 0.467 e. The van der Waals surface area contributed by atoms with Gasteiger partial charge >= 0.3 is 0 Å². The summed E-state index contributed by atoms with van der Waals surface area (Å²) in [5.41, 5.74) is 1.33. The van der Waals surface area contributed by atoms with Crippen molar-refractivity contribution in [3.8, 4) is 0 Å². The molecule has 170 valence electrons. The molecule has 0 spiro atoms. The van der Waals surface area contributed by atoms with E-state index >= 15 is 0 Å². The van der Waals surface area contributed by atoms with Crippen LogP contribution in [0.1, 0.15) is 24.2 Å². The summed E-state index contributed by atoms with van der Waals surface area (Å²) in [5, 5.41) is 4.79. The van der Waals surface area contributed by atoms with Gasteiger partial charge in [-0.3, -0.25) is 14.2 Å². The molecule has 1 N–H and O–H groups in total. The molecule has 4 aromatic rings. The molecule has 1 saturated heterocycles.